The molecule has 0 saturated heterocycles. The van der Waals surface area contributed by atoms with E-state index in [-0.39, 0.29) is 0 Å². The molecule has 130 valence electrons. The van der Waals surface area contributed by atoms with E-state index in [4.69, 9.17) is 5.26 Å². The van der Waals surface area contributed by atoms with Crippen molar-refractivity contribution in [1.29, 1.82) is 5.26 Å². The van der Waals surface area contributed by atoms with Gasteiger partial charge in [0.25, 0.3) is 0 Å². The summed E-state index contributed by atoms with van der Waals surface area (Å²) in [6.45, 7) is 4.25. The molecule has 5 heteroatoms. The topological polar surface area (TPSA) is 73.6 Å². The minimum Gasteiger partial charge on any atom is -0.367 e. The van der Waals surface area contributed by atoms with Gasteiger partial charge in [-0.05, 0) is 37.6 Å². The van der Waals surface area contributed by atoms with Crippen LogP contribution in [0, 0.1) is 11.3 Å². The number of nitrogens with one attached hydrogen (secondary N) is 2. The van der Waals surface area contributed by atoms with Gasteiger partial charge in [-0.2, -0.15) is 10.2 Å². The zero-order valence-corrected chi connectivity index (χ0v) is 14.9. The van der Waals surface area contributed by atoms with Crippen molar-refractivity contribution < 1.29 is 0 Å². The highest BCUT2D eigenvalue weighted by Gasteiger charge is 2.09. The highest BCUT2D eigenvalue weighted by atomic mass is 15.1. The highest BCUT2D eigenvalue weighted by molar-refractivity contribution is 5.66. The van der Waals surface area contributed by atoms with E-state index in [1.165, 1.54) is 0 Å². The number of rotatable bonds is 6. The fourth-order valence-electron chi connectivity index (χ4n) is 2.45. The van der Waals surface area contributed by atoms with Crippen molar-refractivity contribution in [3.8, 4) is 17.3 Å². The lowest BCUT2D eigenvalue weighted by Gasteiger charge is -2.15. The van der Waals surface area contributed by atoms with Crippen LogP contribution in [0.15, 0.2) is 60.7 Å². The number of aromatic nitrogens is 2. The number of anilines is 3. The smallest absolute Gasteiger partial charge is 0.229 e. The first-order valence-electron chi connectivity index (χ1n) is 8.66. The van der Waals surface area contributed by atoms with E-state index in [9.17, 15) is 0 Å². The van der Waals surface area contributed by atoms with Gasteiger partial charge in [-0.15, -0.1) is 0 Å². The Hall–Kier alpha value is -3.39. The molecule has 5 nitrogen and oxygen atoms in total. The van der Waals surface area contributed by atoms with E-state index < -0.39 is 0 Å². The minimum atomic E-state index is 0.316. The van der Waals surface area contributed by atoms with Gasteiger partial charge in [-0.25, -0.2) is 4.98 Å². The molecule has 0 bridgehead atoms. The first kappa shape index (κ1) is 17.4. The average Bonchev–Trinajstić information content (AvgIpc) is 2.69. The largest absolute Gasteiger partial charge is 0.367 e. The van der Waals surface area contributed by atoms with Crippen LogP contribution in [0.2, 0.25) is 0 Å². The van der Waals surface area contributed by atoms with Crippen molar-refractivity contribution >= 4 is 17.5 Å². The van der Waals surface area contributed by atoms with Gasteiger partial charge in [0.2, 0.25) is 5.95 Å². The molecule has 0 aliphatic heterocycles. The quantitative estimate of drug-likeness (QED) is 0.661. The summed E-state index contributed by atoms with van der Waals surface area (Å²) in [5.74, 6) is 1.30. The van der Waals surface area contributed by atoms with Crippen LogP contribution in [0.1, 0.15) is 25.8 Å². The van der Waals surface area contributed by atoms with Gasteiger partial charge >= 0.3 is 0 Å². The molecule has 0 saturated carbocycles. The van der Waals surface area contributed by atoms with Gasteiger partial charge in [0.15, 0.2) is 0 Å². The van der Waals surface area contributed by atoms with Crippen molar-refractivity contribution in [3.05, 3.63) is 66.2 Å². The summed E-state index contributed by atoms with van der Waals surface area (Å²) < 4.78 is 0. The third kappa shape index (κ3) is 4.37. The Morgan fingerprint density at radius 3 is 2.42 bits per heavy atom. The summed E-state index contributed by atoms with van der Waals surface area (Å²) in [6.07, 6.45) is 1.00. The summed E-state index contributed by atoms with van der Waals surface area (Å²) in [5.41, 5.74) is 3.34. The average molecular weight is 343 g/mol. The molecule has 0 fully saturated rings. The van der Waals surface area contributed by atoms with Crippen LogP contribution in [0.4, 0.5) is 17.5 Å². The molecule has 1 aromatic heterocycles. The third-order valence-electron chi connectivity index (χ3n) is 4.07. The highest BCUT2D eigenvalue weighted by Crippen LogP contribution is 2.23. The maximum atomic E-state index is 8.92. The predicted molar refractivity (Wildman–Crippen MR) is 105 cm³/mol. The molecule has 2 aromatic carbocycles. The summed E-state index contributed by atoms with van der Waals surface area (Å²) in [4.78, 5) is 9.23. The normalized spacial score (nSPS) is 11.4. The maximum Gasteiger partial charge on any atom is 0.229 e. The lowest BCUT2D eigenvalue weighted by atomic mass is 10.1. The molecular weight excluding hydrogens is 322 g/mol. The molecule has 0 aliphatic carbocycles. The first-order chi connectivity index (χ1) is 12.7. The van der Waals surface area contributed by atoms with Crippen LogP contribution in [-0.4, -0.2) is 16.0 Å². The van der Waals surface area contributed by atoms with Crippen LogP contribution in [0.5, 0.6) is 0 Å². The van der Waals surface area contributed by atoms with Gasteiger partial charge in [0.05, 0.1) is 17.3 Å². The van der Waals surface area contributed by atoms with Crippen molar-refractivity contribution in [1.82, 2.24) is 9.97 Å². The van der Waals surface area contributed by atoms with Crippen LogP contribution in [0.3, 0.4) is 0 Å². The fourth-order valence-corrected chi connectivity index (χ4v) is 2.45. The SMILES string of the molecule is CCC(C)Nc1cc(-c2ccccc2)nc(Nc2ccc(C#N)cc2)n1. The molecule has 1 unspecified atom stereocenters. The molecule has 2 N–H and O–H groups in total. The predicted octanol–water partition coefficient (Wildman–Crippen LogP) is 4.97. The number of hydrogen-bond donors (Lipinski definition) is 2. The number of benzene rings is 2. The van der Waals surface area contributed by atoms with Crippen molar-refractivity contribution in [2.24, 2.45) is 0 Å². The van der Waals surface area contributed by atoms with Crippen LogP contribution in [-0.2, 0) is 0 Å². The Kier molecular flexibility index (Phi) is 5.45. The van der Waals surface area contributed by atoms with E-state index >= 15 is 0 Å². The fraction of sp³-hybridized carbons (Fsp3) is 0.190. The minimum absolute atomic E-state index is 0.316. The lowest BCUT2D eigenvalue weighted by molar-refractivity contribution is 0.759. The molecule has 0 aliphatic rings. The van der Waals surface area contributed by atoms with Gasteiger partial charge in [-0.1, -0.05) is 37.3 Å². The second kappa shape index (κ2) is 8.13. The van der Waals surface area contributed by atoms with Crippen LogP contribution in [0.25, 0.3) is 11.3 Å². The maximum absolute atomic E-state index is 8.92. The monoisotopic (exact) mass is 343 g/mol. The molecule has 26 heavy (non-hydrogen) atoms. The summed E-state index contributed by atoms with van der Waals surface area (Å²) in [7, 11) is 0. The second-order valence-electron chi connectivity index (χ2n) is 6.10. The van der Waals surface area contributed by atoms with Gasteiger partial charge in [0.1, 0.15) is 5.82 Å². The third-order valence-corrected chi connectivity index (χ3v) is 4.07. The molecule has 3 rings (SSSR count). The standard InChI is InChI=1S/C21H21N5/c1-3-15(2)23-20-13-19(17-7-5-4-6-8-17)25-21(26-20)24-18-11-9-16(14-22)10-12-18/h4-13,15H,3H2,1-2H3,(H2,23,24,25,26). The van der Waals surface area contributed by atoms with Crippen LogP contribution < -0.4 is 10.6 Å². The van der Waals surface area contributed by atoms with Gasteiger partial charge in [0, 0.05) is 23.4 Å². The van der Waals surface area contributed by atoms with Crippen LogP contribution >= 0.6 is 0 Å². The van der Waals surface area contributed by atoms with E-state index in [0.717, 1.165) is 29.2 Å². The van der Waals surface area contributed by atoms with Crippen molar-refractivity contribution in [3.63, 3.8) is 0 Å². The molecular formula is C21H21N5. The number of hydrogen-bond acceptors (Lipinski definition) is 5. The van der Waals surface area contributed by atoms with Gasteiger partial charge < -0.3 is 10.6 Å². The summed E-state index contributed by atoms with van der Waals surface area (Å²) >= 11 is 0. The number of nitrogens with zero attached hydrogens (tertiary/aromatic N) is 3. The van der Waals surface area contributed by atoms with Crippen molar-refractivity contribution in [2.75, 3.05) is 10.6 Å². The Balaban J connectivity index is 1.94. The second-order valence-corrected chi connectivity index (χ2v) is 6.10. The van der Waals surface area contributed by atoms with Gasteiger partial charge in [-0.3, -0.25) is 0 Å². The summed E-state index contributed by atoms with van der Waals surface area (Å²) in [6, 6.07) is 21.6. The Morgan fingerprint density at radius 2 is 1.77 bits per heavy atom. The zero-order valence-electron chi connectivity index (χ0n) is 14.9. The van der Waals surface area contributed by atoms with E-state index in [0.29, 0.717) is 17.6 Å². The lowest BCUT2D eigenvalue weighted by Crippen LogP contribution is -2.15. The Bertz CT molecular complexity index is 898. The molecule has 1 heterocycles. The van der Waals surface area contributed by atoms with E-state index in [2.05, 4.69) is 40.5 Å². The van der Waals surface area contributed by atoms with E-state index in [1.807, 2.05) is 48.5 Å². The Morgan fingerprint density at radius 1 is 1.04 bits per heavy atom. The van der Waals surface area contributed by atoms with Crippen molar-refractivity contribution in [2.45, 2.75) is 26.3 Å². The molecule has 3 aromatic rings. The zero-order chi connectivity index (χ0) is 18.4. The first-order valence-corrected chi connectivity index (χ1v) is 8.66. The summed E-state index contributed by atoms with van der Waals surface area (Å²) in [5, 5.41) is 15.6. The molecule has 0 spiro atoms. The molecule has 0 amide bonds. The molecule has 0 radical (unpaired) electrons. The van der Waals surface area contributed by atoms with E-state index in [1.54, 1.807) is 12.1 Å². The Labute approximate surface area is 153 Å². The molecule has 1 atom stereocenters. The number of nitriles is 1.